The first-order chi connectivity index (χ1) is 14.1. The van der Waals surface area contributed by atoms with Crippen LogP contribution in [0.15, 0.2) is 42.7 Å². The molecule has 29 heavy (non-hydrogen) atoms. The predicted molar refractivity (Wildman–Crippen MR) is 106 cm³/mol. The lowest BCUT2D eigenvalue weighted by molar-refractivity contribution is -0.139. The number of nitrogens with zero attached hydrogens (tertiary/aromatic N) is 3. The minimum Gasteiger partial charge on any atom is -0.367 e. The predicted octanol–water partition coefficient (Wildman–Crippen LogP) is 3.66. The highest BCUT2D eigenvalue weighted by molar-refractivity contribution is 6.01. The number of anilines is 1. The van der Waals surface area contributed by atoms with Crippen molar-refractivity contribution in [2.24, 2.45) is 0 Å². The lowest BCUT2D eigenvalue weighted by Gasteiger charge is -2.15. The Bertz CT molecular complexity index is 1130. The number of amides is 2. The number of nitrogens with one attached hydrogen (secondary N) is 1. The Morgan fingerprint density at radius 3 is 2.48 bits per heavy atom. The number of imide groups is 1. The van der Waals surface area contributed by atoms with Gasteiger partial charge in [-0.1, -0.05) is 12.1 Å². The fourth-order valence-electron chi connectivity index (χ4n) is 3.62. The molecule has 0 unspecified atom stereocenters. The van der Waals surface area contributed by atoms with Crippen LogP contribution >= 0.6 is 0 Å². The van der Waals surface area contributed by atoms with E-state index in [1.807, 2.05) is 18.2 Å². The van der Waals surface area contributed by atoms with Crippen molar-refractivity contribution in [3.8, 4) is 11.1 Å². The first-order valence-corrected chi connectivity index (χ1v) is 9.72. The molecule has 7 heteroatoms. The molecule has 1 saturated heterocycles. The van der Waals surface area contributed by atoms with Gasteiger partial charge in [-0.3, -0.25) is 14.5 Å². The van der Waals surface area contributed by atoms with Crippen molar-refractivity contribution < 1.29 is 14.0 Å². The van der Waals surface area contributed by atoms with Crippen LogP contribution in [0.3, 0.4) is 0 Å². The SMILES string of the molecule is O=C1CCC(=O)N1Cc1cc(-c2ccc3ncnc(NC4CC4)c3c2)ccc1F. The zero-order valence-corrected chi connectivity index (χ0v) is 15.7. The number of hydrogen-bond donors (Lipinski definition) is 1. The van der Waals surface area contributed by atoms with Crippen molar-refractivity contribution in [1.82, 2.24) is 14.9 Å². The van der Waals surface area contributed by atoms with E-state index in [1.165, 1.54) is 6.07 Å². The molecule has 2 aliphatic rings. The van der Waals surface area contributed by atoms with Gasteiger partial charge in [0.15, 0.2) is 0 Å². The van der Waals surface area contributed by atoms with Gasteiger partial charge in [-0.2, -0.15) is 0 Å². The van der Waals surface area contributed by atoms with Gasteiger partial charge in [-0.15, -0.1) is 0 Å². The third kappa shape index (κ3) is 3.44. The standard InChI is InChI=1S/C22H19FN4O2/c23-18-5-1-13(9-15(18)11-27-20(28)7-8-21(27)29)14-2-6-19-17(10-14)22(25-12-24-19)26-16-3-4-16/h1-2,5-6,9-10,12,16H,3-4,7-8,11H2,(H,24,25,26). The first-order valence-electron chi connectivity index (χ1n) is 9.72. The van der Waals surface area contributed by atoms with Gasteiger partial charge in [-0.05, 0) is 48.2 Å². The van der Waals surface area contributed by atoms with Crippen LogP contribution in [0, 0.1) is 5.82 Å². The summed E-state index contributed by atoms with van der Waals surface area (Å²) < 4.78 is 14.4. The van der Waals surface area contributed by atoms with E-state index in [9.17, 15) is 14.0 Å². The van der Waals surface area contributed by atoms with Crippen LogP contribution in [0.25, 0.3) is 22.0 Å². The summed E-state index contributed by atoms with van der Waals surface area (Å²) in [5, 5.41) is 4.33. The van der Waals surface area contributed by atoms with Crippen LogP contribution in [0.4, 0.5) is 10.2 Å². The van der Waals surface area contributed by atoms with Gasteiger partial charge < -0.3 is 5.32 Å². The average Bonchev–Trinajstić information content (AvgIpc) is 3.49. The smallest absolute Gasteiger partial charge is 0.229 e. The van der Waals surface area contributed by atoms with E-state index in [0.29, 0.717) is 11.6 Å². The molecule has 1 aliphatic carbocycles. The first kappa shape index (κ1) is 17.7. The molecular formula is C22H19FN4O2. The van der Waals surface area contributed by atoms with E-state index >= 15 is 0 Å². The zero-order valence-electron chi connectivity index (χ0n) is 15.7. The van der Waals surface area contributed by atoms with E-state index in [2.05, 4.69) is 15.3 Å². The van der Waals surface area contributed by atoms with Crippen LogP contribution in [0.2, 0.25) is 0 Å². The molecule has 3 aromatic rings. The normalized spacial score (nSPS) is 16.7. The van der Waals surface area contributed by atoms with Crippen molar-refractivity contribution in [2.45, 2.75) is 38.3 Å². The highest BCUT2D eigenvalue weighted by atomic mass is 19.1. The fraction of sp³-hybridized carbons (Fsp3) is 0.273. The van der Waals surface area contributed by atoms with Crippen LogP contribution in [-0.4, -0.2) is 32.7 Å². The molecule has 2 aromatic carbocycles. The van der Waals surface area contributed by atoms with Gasteiger partial charge in [0.05, 0.1) is 12.1 Å². The van der Waals surface area contributed by atoms with E-state index in [4.69, 9.17) is 0 Å². The Morgan fingerprint density at radius 1 is 1.00 bits per heavy atom. The molecular weight excluding hydrogens is 371 g/mol. The highest BCUT2D eigenvalue weighted by Crippen LogP contribution is 2.31. The van der Waals surface area contributed by atoms with E-state index in [0.717, 1.165) is 45.6 Å². The van der Waals surface area contributed by atoms with Gasteiger partial charge in [0.1, 0.15) is 18.0 Å². The summed E-state index contributed by atoms with van der Waals surface area (Å²) in [6, 6.07) is 11.1. The zero-order chi connectivity index (χ0) is 20.0. The summed E-state index contributed by atoms with van der Waals surface area (Å²) in [4.78, 5) is 33.6. The van der Waals surface area contributed by atoms with Crippen molar-refractivity contribution in [1.29, 1.82) is 0 Å². The summed E-state index contributed by atoms with van der Waals surface area (Å²) in [5.41, 5.74) is 2.87. The number of halogens is 1. The van der Waals surface area contributed by atoms with Crippen molar-refractivity contribution >= 4 is 28.5 Å². The lowest BCUT2D eigenvalue weighted by Crippen LogP contribution is -2.28. The summed E-state index contributed by atoms with van der Waals surface area (Å²) >= 11 is 0. The Hall–Kier alpha value is -3.35. The van der Waals surface area contributed by atoms with E-state index in [-0.39, 0.29) is 31.2 Å². The second-order valence-electron chi connectivity index (χ2n) is 7.55. The third-order valence-corrected chi connectivity index (χ3v) is 5.42. The van der Waals surface area contributed by atoms with Crippen molar-refractivity contribution in [3.63, 3.8) is 0 Å². The molecule has 1 N–H and O–H groups in total. The number of carbonyl (C=O) groups excluding carboxylic acids is 2. The number of benzene rings is 2. The fourth-order valence-corrected chi connectivity index (χ4v) is 3.62. The molecule has 1 aliphatic heterocycles. The highest BCUT2D eigenvalue weighted by Gasteiger charge is 2.29. The summed E-state index contributed by atoms with van der Waals surface area (Å²) in [6.45, 7) is -0.0392. The lowest BCUT2D eigenvalue weighted by atomic mass is 10.0. The average molecular weight is 390 g/mol. The van der Waals surface area contributed by atoms with E-state index in [1.54, 1.807) is 18.5 Å². The van der Waals surface area contributed by atoms with Crippen molar-refractivity contribution in [2.75, 3.05) is 5.32 Å². The molecule has 2 fully saturated rings. The Morgan fingerprint density at radius 2 is 1.72 bits per heavy atom. The topological polar surface area (TPSA) is 75.2 Å². The van der Waals surface area contributed by atoms with Gasteiger partial charge in [0, 0.05) is 29.8 Å². The largest absolute Gasteiger partial charge is 0.367 e. The molecule has 2 amide bonds. The molecule has 0 radical (unpaired) electrons. The maximum absolute atomic E-state index is 14.4. The van der Waals surface area contributed by atoms with Gasteiger partial charge in [0.2, 0.25) is 11.8 Å². The minimum absolute atomic E-state index is 0.0392. The molecule has 0 atom stereocenters. The molecule has 6 nitrogen and oxygen atoms in total. The molecule has 1 aromatic heterocycles. The summed E-state index contributed by atoms with van der Waals surface area (Å²) in [6.07, 6.45) is 4.22. The maximum Gasteiger partial charge on any atom is 0.229 e. The molecule has 0 spiro atoms. The second-order valence-corrected chi connectivity index (χ2v) is 7.55. The molecule has 2 heterocycles. The Balaban J connectivity index is 1.51. The number of hydrogen-bond acceptors (Lipinski definition) is 5. The molecule has 5 rings (SSSR count). The molecule has 146 valence electrons. The van der Waals surface area contributed by atoms with Crippen LogP contribution in [0.1, 0.15) is 31.2 Å². The van der Waals surface area contributed by atoms with E-state index < -0.39 is 5.82 Å². The minimum atomic E-state index is -0.429. The van der Waals surface area contributed by atoms with Crippen LogP contribution in [0.5, 0.6) is 0 Å². The van der Waals surface area contributed by atoms with Crippen molar-refractivity contribution in [3.05, 3.63) is 54.1 Å². The summed E-state index contributed by atoms with van der Waals surface area (Å²) in [7, 11) is 0. The quantitative estimate of drug-likeness (QED) is 0.673. The monoisotopic (exact) mass is 390 g/mol. The number of fused-ring (bicyclic) bond motifs is 1. The Labute approximate surface area is 166 Å². The maximum atomic E-state index is 14.4. The van der Waals surface area contributed by atoms with Gasteiger partial charge in [0.25, 0.3) is 0 Å². The third-order valence-electron chi connectivity index (χ3n) is 5.42. The summed E-state index contributed by atoms with van der Waals surface area (Å²) in [5.74, 6) is -0.131. The number of carbonyl (C=O) groups is 2. The van der Waals surface area contributed by atoms with Gasteiger partial charge in [-0.25, -0.2) is 14.4 Å². The molecule has 0 bridgehead atoms. The number of aromatic nitrogens is 2. The second kappa shape index (κ2) is 6.92. The Kier molecular flexibility index (Phi) is 4.23. The number of likely N-dealkylation sites (tertiary alicyclic amines) is 1. The van der Waals surface area contributed by atoms with Gasteiger partial charge >= 0.3 is 0 Å². The molecule has 1 saturated carbocycles. The number of rotatable bonds is 5. The van der Waals surface area contributed by atoms with Crippen LogP contribution < -0.4 is 5.32 Å². The van der Waals surface area contributed by atoms with Crippen LogP contribution in [-0.2, 0) is 16.1 Å².